The lowest BCUT2D eigenvalue weighted by Crippen LogP contribution is -2.55. The molecule has 0 aromatic heterocycles. The van der Waals surface area contributed by atoms with Crippen molar-refractivity contribution < 1.29 is 42.3 Å². The summed E-state index contributed by atoms with van der Waals surface area (Å²) in [7, 11) is 0. The fourth-order valence-corrected chi connectivity index (χ4v) is 5.96. The number of nitrogens with zero attached hydrogens (tertiary/aromatic N) is 1. The summed E-state index contributed by atoms with van der Waals surface area (Å²) in [5.74, 6) is -5.71. The highest BCUT2D eigenvalue weighted by Crippen LogP contribution is 2.33. The van der Waals surface area contributed by atoms with Crippen LogP contribution in [-0.2, 0) is 9.63 Å². The van der Waals surface area contributed by atoms with E-state index in [0.717, 1.165) is 29.9 Å². The summed E-state index contributed by atoms with van der Waals surface area (Å²) in [6.45, 7) is 1.90. The molecule has 0 bridgehead atoms. The molecule has 2 aliphatic heterocycles. The molecule has 6 N–H and O–H groups in total. The lowest BCUT2D eigenvalue weighted by molar-refractivity contribution is -0.131. The first kappa shape index (κ1) is 36.0. The molecule has 0 aliphatic carbocycles. The van der Waals surface area contributed by atoms with Crippen molar-refractivity contribution >= 4 is 63.3 Å². The van der Waals surface area contributed by atoms with Crippen molar-refractivity contribution in [3.05, 3.63) is 86.2 Å². The molecule has 1 saturated heterocycles. The lowest BCUT2D eigenvalue weighted by atomic mass is 10.0. The smallest absolute Gasteiger partial charge is 0.277 e. The van der Waals surface area contributed by atoms with Crippen molar-refractivity contribution in [3.8, 4) is 0 Å². The van der Waals surface area contributed by atoms with E-state index in [4.69, 9.17) is 4.84 Å². The van der Waals surface area contributed by atoms with Crippen molar-refractivity contribution in [1.29, 1.82) is 0 Å². The second-order valence-electron chi connectivity index (χ2n) is 11.4. The standard InChI is InChI=1S/C33H34F3IN6O6/c34-21-9-8-20(29(28(21)36)40-23-10-7-18(37)17-22(23)35)30(45)42-49-16-4-14-38-13-1-2-15-39-24-6-3-5-19-27(24)33(48)43(32(19)47)25-11-12-26(44)41-31(25)46/h3,5-10,17,25-26,38-40,44H,1-2,4,11-16H2,(H,41,46)(H,42,45). The molecule has 0 spiro atoms. The number of aliphatic hydroxyl groups excluding tert-OH is 1. The highest BCUT2D eigenvalue weighted by molar-refractivity contribution is 14.1. The Balaban J connectivity index is 0.994. The first-order valence-corrected chi connectivity index (χ1v) is 16.7. The third-order valence-corrected chi connectivity index (χ3v) is 8.64. The molecular formula is C33H34F3IN6O6. The molecule has 5 rings (SSSR count). The lowest BCUT2D eigenvalue weighted by Gasteiger charge is -2.31. The number of fused-ring (bicyclic) bond motifs is 1. The molecule has 2 aliphatic rings. The molecule has 1 fully saturated rings. The molecule has 260 valence electrons. The maximum absolute atomic E-state index is 14.6. The van der Waals surface area contributed by atoms with Crippen LogP contribution in [0.4, 0.5) is 30.2 Å². The molecule has 0 radical (unpaired) electrons. The molecule has 12 nitrogen and oxygen atoms in total. The topological polar surface area (TPSA) is 161 Å². The Bertz CT molecular complexity index is 1750. The first-order chi connectivity index (χ1) is 23.6. The van der Waals surface area contributed by atoms with Crippen LogP contribution in [0.15, 0.2) is 48.5 Å². The third kappa shape index (κ3) is 8.49. The van der Waals surface area contributed by atoms with Gasteiger partial charge in [0, 0.05) is 15.8 Å². The molecule has 4 amide bonds. The summed E-state index contributed by atoms with van der Waals surface area (Å²) in [4.78, 5) is 57.4. The Morgan fingerprint density at radius 3 is 2.49 bits per heavy atom. The zero-order valence-electron chi connectivity index (χ0n) is 26.1. The van der Waals surface area contributed by atoms with Crippen molar-refractivity contribution in [3.63, 3.8) is 0 Å². The number of hydroxylamine groups is 1. The second-order valence-corrected chi connectivity index (χ2v) is 12.6. The highest BCUT2D eigenvalue weighted by Gasteiger charge is 2.45. The van der Waals surface area contributed by atoms with Crippen LogP contribution in [0.2, 0.25) is 0 Å². The van der Waals surface area contributed by atoms with Crippen LogP contribution in [0, 0.1) is 21.0 Å². The number of imide groups is 1. The predicted molar refractivity (Wildman–Crippen MR) is 181 cm³/mol. The van der Waals surface area contributed by atoms with E-state index >= 15 is 0 Å². The zero-order chi connectivity index (χ0) is 35.1. The van der Waals surface area contributed by atoms with Crippen LogP contribution in [0.3, 0.4) is 0 Å². The molecule has 2 atom stereocenters. The summed E-state index contributed by atoms with van der Waals surface area (Å²) >= 11 is 1.91. The van der Waals surface area contributed by atoms with E-state index in [0.29, 0.717) is 35.3 Å². The summed E-state index contributed by atoms with van der Waals surface area (Å²) in [6, 6.07) is 9.97. The number of unbranched alkanes of at least 4 members (excludes halogenated alkanes) is 1. The van der Waals surface area contributed by atoms with Crippen LogP contribution in [0.1, 0.15) is 63.2 Å². The Morgan fingerprint density at radius 1 is 0.939 bits per heavy atom. The van der Waals surface area contributed by atoms with Gasteiger partial charge in [0.05, 0.1) is 34.7 Å². The second kappa shape index (κ2) is 16.4. The minimum absolute atomic E-state index is 0.127. The summed E-state index contributed by atoms with van der Waals surface area (Å²) < 4.78 is 43.4. The van der Waals surface area contributed by atoms with Gasteiger partial charge < -0.3 is 26.4 Å². The maximum Gasteiger partial charge on any atom is 0.277 e. The van der Waals surface area contributed by atoms with Gasteiger partial charge in [-0.3, -0.25) is 28.9 Å². The fraction of sp³-hybridized carbons (Fsp3) is 0.333. The van der Waals surface area contributed by atoms with Gasteiger partial charge in [0.1, 0.15) is 18.1 Å². The minimum Gasteiger partial charge on any atom is -0.384 e. The van der Waals surface area contributed by atoms with Crippen LogP contribution < -0.4 is 26.7 Å². The molecule has 2 heterocycles. The van der Waals surface area contributed by atoms with Gasteiger partial charge in [0.15, 0.2) is 11.6 Å². The number of benzene rings is 3. The van der Waals surface area contributed by atoms with Crippen molar-refractivity contribution in [1.82, 2.24) is 21.0 Å². The number of carbonyl (C=O) groups excluding carboxylic acids is 4. The highest BCUT2D eigenvalue weighted by atomic mass is 127. The molecule has 0 saturated carbocycles. The molecule has 2 unspecified atom stereocenters. The van der Waals surface area contributed by atoms with Gasteiger partial charge in [0.2, 0.25) is 5.91 Å². The molecule has 16 heteroatoms. The number of anilines is 3. The van der Waals surface area contributed by atoms with Gasteiger partial charge in [-0.1, -0.05) is 6.07 Å². The van der Waals surface area contributed by atoms with Gasteiger partial charge >= 0.3 is 0 Å². The average Bonchev–Trinajstić information content (AvgIpc) is 3.32. The largest absolute Gasteiger partial charge is 0.384 e. The van der Waals surface area contributed by atoms with Gasteiger partial charge in [-0.15, -0.1) is 0 Å². The minimum atomic E-state index is -1.33. The fourth-order valence-electron chi connectivity index (χ4n) is 5.51. The van der Waals surface area contributed by atoms with Crippen molar-refractivity contribution in [2.24, 2.45) is 0 Å². The zero-order valence-corrected chi connectivity index (χ0v) is 28.2. The number of piperidine rings is 1. The molecular weight excluding hydrogens is 760 g/mol. The monoisotopic (exact) mass is 794 g/mol. The van der Waals surface area contributed by atoms with E-state index < -0.39 is 59.0 Å². The first-order valence-electron chi connectivity index (χ1n) is 15.6. The van der Waals surface area contributed by atoms with Gasteiger partial charge in [-0.25, -0.2) is 18.7 Å². The number of hydrogen-bond donors (Lipinski definition) is 6. The van der Waals surface area contributed by atoms with Crippen LogP contribution >= 0.6 is 22.6 Å². The molecule has 3 aromatic rings. The number of amides is 4. The number of nitrogens with one attached hydrogen (secondary N) is 5. The predicted octanol–water partition coefficient (Wildman–Crippen LogP) is 4.18. The van der Waals surface area contributed by atoms with Crippen LogP contribution in [0.5, 0.6) is 0 Å². The number of rotatable bonds is 15. The van der Waals surface area contributed by atoms with E-state index in [1.807, 2.05) is 22.6 Å². The Kier molecular flexibility index (Phi) is 12.1. The number of carbonyl (C=O) groups is 4. The van der Waals surface area contributed by atoms with Gasteiger partial charge in [-0.05, 0) is 110 Å². The van der Waals surface area contributed by atoms with Crippen molar-refractivity contribution in [2.75, 3.05) is 36.9 Å². The number of hydrogen-bond acceptors (Lipinski definition) is 9. The summed E-state index contributed by atoms with van der Waals surface area (Å²) in [6.07, 6.45) is 1.49. The summed E-state index contributed by atoms with van der Waals surface area (Å²) in [5.41, 5.74) is 2.25. The van der Waals surface area contributed by atoms with E-state index in [1.165, 1.54) is 12.1 Å². The van der Waals surface area contributed by atoms with E-state index in [9.17, 15) is 37.5 Å². The Hall–Kier alpha value is -4.26. The van der Waals surface area contributed by atoms with E-state index in [1.54, 1.807) is 24.3 Å². The number of aliphatic hydroxyl groups is 1. The van der Waals surface area contributed by atoms with Gasteiger partial charge in [0.25, 0.3) is 17.7 Å². The molecule has 49 heavy (non-hydrogen) atoms. The third-order valence-electron chi connectivity index (χ3n) is 7.97. The van der Waals surface area contributed by atoms with Crippen molar-refractivity contribution in [2.45, 2.75) is 44.4 Å². The van der Waals surface area contributed by atoms with Crippen LogP contribution in [-0.4, -0.2) is 72.1 Å². The Labute approximate surface area is 293 Å². The van der Waals surface area contributed by atoms with Gasteiger partial charge in [-0.2, -0.15) is 0 Å². The quantitative estimate of drug-likeness (QED) is 0.0575. The normalized spacial score (nSPS) is 17.2. The maximum atomic E-state index is 14.6. The number of halogens is 4. The SMILES string of the molecule is O=C(NOCCCNCCCCNc1cccc2c1C(=O)N(C1CCC(O)NC1=O)C2=O)c1ccc(F)c(F)c1Nc1ccc(I)cc1F. The Morgan fingerprint density at radius 2 is 1.71 bits per heavy atom. The summed E-state index contributed by atoms with van der Waals surface area (Å²) in [5, 5.41) is 21.0. The average molecular weight is 795 g/mol. The van der Waals surface area contributed by atoms with E-state index in [-0.39, 0.29) is 41.8 Å². The molecule has 3 aromatic carbocycles. The van der Waals surface area contributed by atoms with Crippen LogP contribution in [0.25, 0.3) is 0 Å². The van der Waals surface area contributed by atoms with E-state index in [2.05, 4.69) is 26.7 Å².